The van der Waals surface area contributed by atoms with E-state index in [-0.39, 0.29) is 12.0 Å². The molecule has 0 aromatic heterocycles. The molecule has 4 nitrogen and oxygen atoms in total. The lowest BCUT2D eigenvalue weighted by Crippen LogP contribution is -2.25. The number of benzene rings is 1. The molecule has 1 unspecified atom stereocenters. The zero-order valence-electron chi connectivity index (χ0n) is 9.60. The molecule has 0 radical (unpaired) electrons. The normalized spacial score (nSPS) is 12.1. The quantitative estimate of drug-likeness (QED) is 0.798. The topological polar surface area (TPSA) is 47.6 Å². The van der Waals surface area contributed by atoms with Crippen LogP contribution < -0.4 is 5.32 Å². The molecule has 0 aliphatic heterocycles. The Kier molecular flexibility index (Phi) is 5.53. The predicted molar refractivity (Wildman–Crippen MR) is 62.4 cm³/mol. The zero-order chi connectivity index (χ0) is 11.8. The fourth-order valence-electron chi connectivity index (χ4n) is 1.34. The molecule has 1 N–H and O–H groups in total. The first-order valence-corrected chi connectivity index (χ1v) is 5.13. The highest BCUT2D eigenvalue weighted by Gasteiger charge is 2.12. The fraction of sp³-hybridized carbons (Fsp3) is 0.417. The summed E-state index contributed by atoms with van der Waals surface area (Å²) in [6.07, 6.45) is 0.0906. The predicted octanol–water partition coefficient (Wildman–Crippen LogP) is 1.68. The molecule has 16 heavy (non-hydrogen) atoms. The Morgan fingerprint density at radius 3 is 2.56 bits per heavy atom. The largest absolute Gasteiger partial charge is 0.382 e. The third-order valence-electron chi connectivity index (χ3n) is 2.16. The Bertz CT molecular complexity index is 313. The van der Waals surface area contributed by atoms with Crippen molar-refractivity contribution < 1.29 is 14.3 Å². The maximum absolute atomic E-state index is 11.6. The molecule has 4 heteroatoms. The van der Waals surface area contributed by atoms with Gasteiger partial charge in [0.05, 0.1) is 19.1 Å². The van der Waals surface area contributed by atoms with Crippen LogP contribution in [0.5, 0.6) is 0 Å². The first kappa shape index (κ1) is 12.7. The molecule has 1 amide bonds. The number of anilines is 1. The Morgan fingerprint density at radius 1 is 1.31 bits per heavy atom. The molecule has 0 spiro atoms. The summed E-state index contributed by atoms with van der Waals surface area (Å²) in [5.74, 6) is -0.0740. The summed E-state index contributed by atoms with van der Waals surface area (Å²) in [6.45, 7) is 0.415. The Balaban J connectivity index is 2.41. The van der Waals surface area contributed by atoms with Gasteiger partial charge in [0.15, 0.2) is 0 Å². The number of hydrogen-bond acceptors (Lipinski definition) is 3. The average Bonchev–Trinajstić information content (AvgIpc) is 2.29. The molecule has 0 saturated carbocycles. The molecule has 1 atom stereocenters. The molecule has 0 saturated heterocycles. The molecule has 1 rings (SSSR count). The van der Waals surface area contributed by atoms with Crippen molar-refractivity contribution in [2.75, 3.05) is 26.1 Å². The van der Waals surface area contributed by atoms with Gasteiger partial charge >= 0.3 is 0 Å². The van der Waals surface area contributed by atoms with Gasteiger partial charge in [-0.05, 0) is 12.1 Å². The average molecular weight is 223 g/mol. The van der Waals surface area contributed by atoms with Crippen molar-refractivity contribution >= 4 is 11.6 Å². The highest BCUT2D eigenvalue weighted by atomic mass is 16.5. The lowest BCUT2D eigenvalue weighted by atomic mass is 10.2. The number of carbonyl (C=O) groups is 1. The fourth-order valence-corrected chi connectivity index (χ4v) is 1.34. The molecule has 0 fully saturated rings. The van der Waals surface area contributed by atoms with Gasteiger partial charge in [-0.3, -0.25) is 4.79 Å². The maximum atomic E-state index is 11.6. The third kappa shape index (κ3) is 4.42. The van der Waals surface area contributed by atoms with Gasteiger partial charge in [-0.1, -0.05) is 18.2 Å². The van der Waals surface area contributed by atoms with E-state index >= 15 is 0 Å². The molecule has 0 heterocycles. The van der Waals surface area contributed by atoms with Crippen molar-refractivity contribution in [1.29, 1.82) is 0 Å². The lowest BCUT2D eigenvalue weighted by Gasteiger charge is -2.13. The lowest BCUT2D eigenvalue weighted by molar-refractivity contribution is -0.119. The molecule has 1 aromatic rings. The summed E-state index contributed by atoms with van der Waals surface area (Å²) in [7, 11) is 3.15. The number of methoxy groups -OCH3 is 2. The molecule has 1 aromatic carbocycles. The van der Waals surface area contributed by atoms with E-state index in [1.54, 1.807) is 14.2 Å². The monoisotopic (exact) mass is 223 g/mol. The number of rotatable bonds is 6. The van der Waals surface area contributed by atoms with Gasteiger partial charge in [0.2, 0.25) is 5.91 Å². The minimum Gasteiger partial charge on any atom is -0.382 e. The zero-order valence-corrected chi connectivity index (χ0v) is 9.60. The second-order valence-electron chi connectivity index (χ2n) is 3.43. The standard InChI is InChI=1S/C12H17NO3/c1-15-9-11(16-2)8-12(14)13-10-6-4-3-5-7-10/h3-7,11H,8-9H2,1-2H3,(H,13,14). The summed E-state index contributed by atoms with van der Waals surface area (Å²) in [4.78, 5) is 11.6. The summed E-state index contributed by atoms with van der Waals surface area (Å²) < 4.78 is 10.1. The summed E-state index contributed by atoms with van der Waals surface area (Å²) in [5.41, 5.74) is 0.791. The van der Waals surface area contributed by atoms with Crippen LogP contribution in [0.25, 0.3) is 0 Å². The number of hydrogen-bond donors (Lipinski definition) is 1. The third-order valence-corrected chi connectivity index (χ3v) is 2.16. The van der Waals surface area contributed by atoms with Gasteiger partial charge in [-0.15, -0.1) is 0 Å². The van der Waals surface area contributed by atoms with E-state index in [0.717, 1.165) is 5.69 Å². The second-order valence-corrected chi connectivity index (χ2v) is 3.43. The van der Waals surface area contributed by atoms with Gasteiger partial charge in [-0.25, -0.2) is 0 Å². The van der Waals surface area contributed by atoms with E-state index < -0.39 is 0 Å². The minimum absolute atomic E-state index is 0.0740. The maximum Gasteiger partial charge on any atom is 0.227 e. The smallest absolute Gasteiger partial charge is 0.227 e. The number of nitrogens with one attached hydrogen (secondary N) is 1. The highest BCUT2D eigenvalue weighted by molar-refractivity contribution is 5.90. The van der Waals surface area contributed by atoms with Crippen LogP contribution >= 0.6 is 0 Å². The first-order valence-electron chi connectivity index (χ1n) is 5.13. The van der Waals surface area contributed by atoms with Crippen molar-refractivity contribution in [3.05, 3.63) is 30.3 Å². The number of para-hydroxylation sites is 1. The number of ether oxygens (including phenoxy) is 2. The van der Waals surface area contributed by atoms with E-state index in [4.69, 9.17) is 9.47 Å². The van der Waals surface area contributed by atoms with Crippen molar-refractivity contribution in [3.8, 4) is 0 Å². The van der Waals surface area contributed by atoms with Crippen LogP contribution in [0.4, 0.5) is 5.69 Å². The van der Waals surface area contributed by atoms with Crippen LogP contribution in [0.1, 0.15) is 6.42 Å². The summed E-state index contributed by atoms with van der Waals surface area (Å²) >= 11 is 0. The van der Waals surface area contributed by atoms with Crippen LogP contribution in [-0.2, 0) is 14.3 Å². The van der Waals surface area contributed by atoms with Crippen LogP contribution in [0.3, 0.4) is 0 Å². The van der Waals surface area contributed by atoms with Crippen molar-refractivity contribution in [3.63, 3.8) is 0 Å². The Labute approximate surface area is 95.6 Å². The number of amides is 1. The van der Waals surface area contributed by atoms with Crippen LogP contribution in [0.15, 0.2) is 30.3 Å². The van der Waals surface area contributed by atoms with E-state index in [1.165, 1.54) is 0 Å². The van der Waals surface area contributed by atoms with Gasteiger partial charge in [0.25, 0.3) is 0 Å². The summed E-state index contributed by atoms with van der Waals surface area (Å²) in [5, 5.41) is 2.79. The molecular formula is C12H17NO3. The summed E-state index contributed by atoms with van der Waals surface area (Å²) in [6, 6.07) is 9.34. The van der Waals surface area contributed by atoms with Gasteiger partial charge < -0.3 is 14.8 Å². The molecule has 0 bridgehead atoms. The van der Waals surface area contributed by atoms with Crippen LogP contribution in [0, 0.1) is 0 Å². The molecule has 0 aliphatic carbocycles. The first-order chi connectivity index (χ1) is 7.76. The molecule has 0 aliphatic rings. The second kappa shape index (κ2) is 6.98. The van der Waals surface area contributed by atoms with Crippen molar-refractivity contribution in [2.45, 2.75) is 12.5 Å². The van der Waals surface area contributed by atoms with E-state index in [1.807, 2.05) is 30.3 Å². The van der Waals surface area contributed by atoms with Gasteiger partial charge in [0, 0.05) is 19.9 Å². The Hall–Kier alpha value is -1.39. The van der Waals surface area contributed by atoms with E-state index in [0.29, 0.717) is 13.0 Å². The Morgan fingerprint density at radius 2 is 2.00 bits per heavy atom. The van der Waals surface area contributed by atoms with Gasteiger partial charge in [-0.2, -0.15) is 0 Å². The van der Waals surface area contributed by atoms with Crippen LogP contribution in [-0.4, -0.2) is 32.8 Å². The van der Waals surface area contributed by atoms with E-state index in [9.17, 15) is 4.79 Å². The highest BCUT2D eigenvalue weighted by Crippen LogP contribution is 2.07. The van der Waals surface area contributed by atoms with E-state index in [2.05, 4.69) is 5.32 Å². The van der Waals surface area contributed by atoms with Crippen LogP contribution in [0.2, 0.25) is 0 Å². The van der Waals surface area contributed by atoms with Gasteiger partial charge in [0.1, 0.15) is 0 Å². The van der Waals surface area contributed by atoms with Crippen molar-refractivity contribution in [2.24, 2.45) is 0 Å². The SMILES string of the molecule is COCC(CC(=O)Nc1ccccc1)OC. The minimum atomic E-state index is -0.200. The molecular weight excluding hydrogens is 206 g/mol. The number of carbonyl (C=O) groups excluding carboxylic acids is 1. The molecule has 88 valence electrons. The van der Waals surface area contributed by atoms with Crippen molar-refractivity contribution in [1.82, 2.24) is 0 Å².